The maximum absolute atomic E-state index is 10.8. The van der Waals surface area contributed by atoms with E-state index in [1.54, 1.807) is 30.5 Å². The standard InChI is InChI=1S/C19H17N3O3.Li/c1-12-3-8-17(13(2)21-12)25-16-9-10-20-18(11-16)22-15-6-4-14(5-7-15)19(23)24;/h3-11H,1-2H3,(H,20,22)(H,23,24);/q;+1/p-1. The van der Waals surface area contributed by atoms with E-state index in [4.69, 9.17) is 4.74 Å². The van der Waals surface area contributed by atoms with E-state index in [9.17, 15) is 9.90 Å². The third-order valence-electron chi connectivity index (χ3n) is 3.53. The summed E-state index contributed by atoms with van der Waals surface area (Å²) in [6, 6.07) is 13.5. The van der Waals surface area contributed by atoms with Crippen molar-refractivity contribution in [2.24, 2.45) is 0 Å². The molecular weight excluding hydrogens is 325 g/mol. The fourth-order valence-corrected chi connectivity index (χ4v) is 2.29. The van der Waals surface area contributed by atoms with Crippen LogP contribution in [0.2, 0.25) is 0 Å². The molecular formula is C19H16LiN3O3. The number of anilines is 2. The average molecular weight is 341 g/mol. The summed E-state index contributed by atoms with van der Waals surface area (Å²) in [5.41, 5.74) is 2.58. The first kappa shape index (κ1) is 19.5. The van der Waals surface area contributed by atoms with Gasteiger partial charge in [0.15, 0.2) is 0 Å². The Balaban J connectivity index is 0.00000243. The summed E-state index contributed by atoms with van der Waals surface area (Å²) < 4.78 is 5.86. The fraction of sp³-hybridized carbons (Fsp3) is 0.105. The van der Waals surface area contributed by atoms with Crippen molar-refractivity contribution < 1.29 is 33.5 Å². The molecule has 0 saturated heterocycles. The van der Waals surface area contributed by atoms with Crippen LogP contribution in [0.1, 0.15) is 21.7 Å². The molecule has 3 rings (SSSR count). The van der Waals surface area contributed by atoms with Gasteiger partial charge in [-0.25, -0.2) is 4.98 Å². The molecule has 0 radical (unpaired) electrons. The molecule has 0 aliphatic heterocycles. The van der Waals surface area contributed by atoms with Gasteiger partial charge in [-0.3, -0.25) is 4.98 Å². The quantitative estimate of drug-likeness (QED) is 0.657. The van der Waals surface area contributed by atoms with Gasteiger partial charge in [0.2, 0.25) is 0 Å². The first-order valence-electron chi connectivity index (χ1n) is 7.68. The number of hydrogen-bond donors (Lipinski definition) is 1. The van der Waals surface area contributed by atoms with Crippen molar-refractivity contribution in [3.63, 3.8) is 0 Å². The smallest absolute Gasteiger partial charge is 0.545 e. The maximum atomic E-state index is 10.8. The molecule has 0 spiro atoms. The Hall–Kier alpha value is -2.81. The zero-order valence-corrected chi connectivity index (χ0v) is 14.8. The summed E-state index contributed by atoms with van der Waals surface area (Å²) in [6.45, 7) is 3.82. The van der Waals surface area contributed by atoms with Gasteiger partial charge >= 0.3 is 18.9 Å². The zero-order chi connectivity index (χ0) is 17.8. The predicted octanol–water partition coefficient (Wildman–Crippen LogP) is -0.00316. The van der Waals surface area contributed by atoms with Gasteiger partial charge in [0.25, 0.3) is 0 Å². The van der Waals surface area contributed by atoms with Gasteiger partial charge in [-0.15, -0.1) is 0 Å². The molecule has 0 saturated carbocycles. The topological polar surface area (TPSA) is 87.2 Å². The number of aromatic carboxylic acids is 1. The van der Waals surface area contributed by atoms with Crippen LogP contribution >= 0.6 is 0 Å². The summed E-state index contributed by atoms with van der Waals surface area (Å²) >= 11 is 0. The number of carbonyl (C=O) groups is 1. The minimum atomic E-state index is -1.21. The van der Waals surface area contributed by atoms with Gasteiger partial charge in [0, 0.05) is 23.6 Å². The third-order valence-corrected chi connectivity index (χ3v) is 3.53. The first-order chi connectivity index (χ1) is 12.0. The molecule has 1 aromatic carbocycles. The zero-order valence-electron chi connectivity index (χ0n) is 14.8. The Kier molecular flexibility index (Phi) is 6.40. The Morgan fingerprint density at radius 1 is 1.08 bits per heavy atom. The number of aromatic nitrogens is 2. The number of rotatable bonds is 5. The van der Waals surface area contributed by atoms with Crippen molar-refractivity contribution in [3.05, 3.63) is 71.7 Å². The van der Waals surface area contributed by atoms with E-state index < -0.39 is 5.97 Å². The van der Waals surface area contributed by atoms with Crippen LogP contribution in [0.15, 0.2) is 54.7 Å². The van der Waals surface area contributed by atoms with Crippen LogP contribution in [-0.4, -0.2) is 15.9 Å². The van der Waals surface area contributed by atoms with E-state index in [1.165, 1.54) is 12.1 Å². The van der Waals surface area contributed by atoms with Gasteiger partial charge in [-0.05, 0) is 49.7 Å². The second-order valence-corrected chi connectivity index (χ2v) is 5.50. The fourth-order valence-electron chi connectivity index (χ4n) is 2.29. The second kappa shape index (κ2) is 8.52. The van der Waals surface area contributed by atoms with Gasteiger partial charge < -0.3 is 20.0 Å². The molecule has 0 bridgehead atoms. The number of carboxylic acid groups (broad SMARTS) is 1. The number of hydrogen-bond acceptors (Lipinski definition) is 6. The largest absolute Gasteiger partial charge is 1.00 e. The van der Waals surface area contributed by atoms with Gasteiger partial charge in [-0.1, -0.05) is 12.1 Å². The van der Waals surface area contributed by atoms with Crippen molar-refractivity contribution in [2.75, 3.05) is 5.32 Å². The molecule has 0 aliphatic rings. The Bertz CT molecular complexity index is 914. The summed E-state index contributed by atoms with van der Waals surface area (Å²) in [5, 5.41) is 13.9. The number of nitrogens with zero attached hydrogens (tertiary/aromatic N) is 2. The molecule has 0 atom stereocenters. The average Bonchev–Trinajstić information content (AvgIpc) is 2.58. The summed E-state index contributed by atoms with van der Waals surface area (Å²) in [7, 11) is 0. The molecule has 0 amide bonds. The van der Waals surface area contributed by atoms with Crippen LogP contribution in [0, 0.1) is 13.8 Å². The number of aryl methyl sites for hydroxylation is 2. The van der Waals surface area contributed by atoms with E-state index in [0.29, 0.717) is 23.0 Å². The van der Waals surface area contributed by atoms with Crippen LogP contribution in [-0.2, 0) is 0 Å². The predicted molar refractivity (Wildman–Crippen MR) is 92.1 cm³/mol. The third kappa shape index (κ3) is 4.85. The van der Waals surface area contributed by atoms with Gasteiger partial charge in [0.05, 0.1) is 11.7 Å². The molecule has 0 unspecified atom stereocenters. The van der Waals surface area contributed by atoms with Crippen LogP contribution in [0.3, 0.4) is 0 Å². The second-order valence-electron chi connectivity index (χ2n) is 5.50. The van der Waals surface area contributed by atoms with Crippen LogP contribution in [0.4, 0.5) is 11.5 Å². The molecule has 26 heavy (non-hydrogen) atoms. The molecule has 0 fully saturated rings. The van der Waals surface area contributed by atoms with Crippen molar-refractivity contribution in [1.29, 1.82) is 0 Å². The molecule has 1 N–H and O–H groups in total. The van der Waals surface area contributed by atoms with Crippen molar-refractivity contribution >= 4 is 17.5 Å². The van der Waals surface area contributed by atoms with Crippen LogP contribution in [0.25, 0.3) is 0 Å². The van der Waals surface area contributed by atoms with Crippen LogP contribution in [0.5, 0.6) is 11.5 Å². The van der Waals surface area contributed by atoms with Gasteiger partial charge in [0.1, 0.15) is 17.3 Å². The molecule has 6 nitrogen and oxygen atoms in total. The summed E-state index contributed by atoms with van der Waals surface area (Å²) in [4.78, 5) is 19.4. The summed E-state index contributed by atoms with van der Waals surface area (Å²) in [5.74, 6) is 0.678. The molecule has 126 valence electrons. The number of carboxylic acids is 1. The number of nitrogens with one attached hydrogen (secondary N) is 1. The number of ether oxygens (including phenoxy) is 1. The van der Waals surface area contributed by atoms with Crippen molar-refractivity contribution in [1.82, 2.24) is 9.97 Å². The molecule has 2 aromatic heterocycles. The van der Waals surface area contributed by atoms with E-state index >= 15 is 0 Å². The minimum absolute atomic E-state index is 0. The monoisotopic (exact) mass is 341 g/mol. The van der Waals surface area contributed by atoms with Crippen molar-refractivity contribution in [3.8, 4) is 11.5 Å². The molecule has 2 heterocycles. The molecule has 0 aliphatic carbocycles. The Labute approximate surface area is 163 Å². The SMILES string of the molecule is Cc1ccc(Oc2ccnc(Nc3ccc(C(=O)[O-])cc3)c2)c(C)n1.[Li+]. The first-order valence-corrected chi connectivity index (χ1v) is 7.68. The maximum Gasteiger partial charge on any atom is 1.00 e. The number of pyridine rings is 2. The van der Waals surface area contributed by atoms with Crippen LogP contribution < -0.4 is 34.0 Å². The minimum Gasteiger partial charge on any atom is -0.545 e. The van der Waals surface area contributed by atoms with Crippen molar-refractivity contribution in [2.45, 2.75) is 13.8 Å². The molecule has 7 heteroatoms. The van der Waals surface area contributed by atoms with E-state index in [1.807, 2.05) is 26.0 Å². The summed E-state index contributed by atoms with van der Waals surface area (Å²) in [6.07, 6.45) is 1.63. The number of benzene rings is 1. The Morgan fingerprint density at radius 2 is 1.81 bits per heavy atom. The van der Waals surface area contributed by atoms with E-state index in [0.717, 1.165) is 11.4 Å². The molecule has 3 aromatic rings. The van der Waals surface area contributed by atoms with E-state index in [-0.39, 0.29) is 24.4 Å². The normalized spacial score (nSPS) is 9.92. The number of carbonyl (C=O) groups excluding carboxylic acids is 1. The Morgan fingerprint density at radius 3 is 2.46 bits per heavy atom. The van der Waals surface area contributed by atoms with Gasteiger partial charge in [-0.2, -0.15) is 0 Å². The van der Waals surface area contributed by atoms with E-state index in [2.05, 4.69) is 15.3 Å².